The van der Waals surface area contributed by atoms with Crippen molar-refractivity contribution in [3.8, 4) is 0 Å². The first-order valence-electron chi connectivity index (χ1n) is 4.22. The molecule has 0 aliphatic rings. The van der Waals surface area contributed by atoms with Gasteiger partial charge in [0.15, 0.2) is 0 Å². The van der Waals surface area contributed by atoms with Gasteiger partial charge in [-0.1, -0.05) is 0 Å². The van der Waals surface area contributed by atoms with Crippen molar-refractivity contribution in [2.75, 3.05) is 20.1 Å². The molecule has 0 aromatic rings. The Hall–Kier alpha value is 0.0300. The van der Waals surface area contributed by atoms with Crippen molar-refractivity contribution < 1.29 is 24.6 Å². The summed E-state index contributed by atoms with van der Waals surface area (Å²) in [6, 6.07) is 0. The van der Waals surface area contributed by atoms with Gasteiger partial charge in [-0.25, -0.2) is 0 Å². The summed E-state index contributed by atoms with van der Waals surface area (Å²) in [5.74, 6) is 0. The first-order chi connectivity index (χ1) is 6.25. The molecule has 4 N–H and O–H groups in total. The molecule has 6 nitrogen and oxygen atoms in total. The fourth-order valence-electron chi connectivity index (χ4n) is 0.977. The molecule has 0 aromatic carbocycles. The molecule has 0 aliphatic heterocycles. The summed E-state index contributed by atoms with van der Waals surface area (Å²) in [4.78, 5) is 16.2. The quantitative estimate of drug-likeness (QED) is 0.463. The van der Waals surface area contributed by atoms with Gasteiger partial charge in [0.2, 0.25) is 0 Å². The van der Waals surface area contributed by atoms with Crippen LogP contribution in [0, 0.1) is 0 Å². The lowest BCUT2D eigenvalue weighted by Gasteiger charge is -2.19. The Bertz CT molecular complexity index is 139. The van der Waals surface area contributed by atoms with Gasteiger partial charge >= 0.3 is 8.25 Å². The minimum atomic E-state index is -3.13. The highest BCUT2D eigenvalue weighted by molar-refractivity contribution is 7.30. The van der Waals surface area contributed by atoms with E-state index >= 15 is 0 Å². The van der Waals surface area contributed by atoms with Gasteiger partial charge in [0, 0.05) is 13.1 Å². The summed E-state index contributed by atoms with van der Waals surface area (Å²) in [6.45, 7) is 4.70. The van der Waals surface area contributed by atoms with E-state index in [0.29, 0.717) is 13.1 Å². The van der Waals surface area contributed by atoms with Gasteiger partial charge in [-0.2, -0.15) is 0 Å². The zero-order valence-electron chi connectivity index (χ0n) is 8.71. The molecule has 0 radical (unpaired) electrons. The average molecular weight is 229 g/mol. The maximum Gasteiger partial charge on any atom is 0.314 e. The lowest BCUT2D eigenvalue weighted by Crippen LogP contribution is -2.32. The van der Waals surface area contributed by atoms with E-state index in [4.69, 9.17) is 24.6 Å². The van der Waals surface area contributed by atoms with Crippen LogP contribution in [0.5, 0.6) is 0 Å². The third-order valence-electron chi connectivity index (χ3n) is 1.15. The summed E-state index contributed by atoms with van der Waals surface area (Å²) in [7, 11) is -1.26. The van der Waals surface area contributed by atoms with Crippen LogP contribution in [0.3, 0.4) is 0 Å². The van der Waals surface area contributed by atoms with E-state index in [9.17, 15) is 0 Å². The van der Waals surface area contributed by atoms with E-state index in [2.05, 4.69) is 0 Å². The number of nitrogens with zero attached hydrogens (tertiary/aromatic N) is 1. The SMILES string of the molecule is CC(O)CN(C)CC(C)O.O=[PH](O)O. The van der Waals surface area contributed by atoms with E-state index in [1.807, 2.05) is 11.9 Å². The second-order valence-electron chi connectivity index (χ2n) is 3.20. The van der Waals surface area contributed by atoms with Crippen LogP contribution in [0.1, 0.15) is 13.8 Å². The number of rotatable bonds is 4. The van der Waals surface area contributed by atoms with Crippen molar-refractivity contribution in [1.29, 1.82) is 0 Å². The normalized spacial score (nSPS) is 14.9. The lowest BCUT2D eigenvalue weighted by molar-refractivity contribution is 0.0990. The van der Waals surface area contributed by atoms with Gasteiger partial charge in [-0.3, -0.25) is 4.57 Å². The highest BCUT2D eigenvalue weighted by Crippen LogP contribution is 1.98. The monoisotopic (exact) mass is 229 g/mol. The van der Waals surface area contributed by atoms with Crippen LogP contribution in [-0.4, -0.2) is 57.2 Å². The van der Waals surface area contributed by atoms with Crippen molar-refractivity contribution in [2.24, 2.45) is 0 Å². The second-order valence-corrected chi connectivity index (χ2v) is 3.77. The fourth-order valence-corrected chi connectivity index (χ4v) is 0.977. The maximum atomic E-state index is 8.91. The van der Waals surface area contributed by atoms with Crippen LogP contribution in [0.2, 0.25) is 0 Å². The molecule has 7 heteroatoms. The summed E-state index contributed by atoms with van der Waals surface area (Å²) in [5.41, 5.74) is 0. The van der Waals surface area contributed by atoms with Gasteiger partial charge < -0.3 is 24.9 Å². The van der Waals surface area contributed by atoms with Gasteiger partial charge in [0.05, 0.1) is 12.2 Å². The van der Waals surface area contributed by atoms with E-state index < -0.39 is 8.25 Å². The molecular formula is C7H20NO5P. The minimum absolute atomic E-state index is 0.316. The van der Waals surface area contributed by atoms with Crippen molar-refractivity contribution >= 4 is 8.25 Å². The Morgan fingerprint density at radius 2 is 1.36 bits per heavy atom. The van der Waals surface area contributed by atoms with Gasteiger partial charge in [0.1, 0.15) is 0 Å². The maximum absolute atomic E-state index is 8.91. The van der Waals surface area contributed by atoms with Gasteiger partial charge in [0.25, 0.3) is 0 Å². The molecule has 0 bridgehead atoms. The number of likely N-dealkylation sites (N-methyl/N-ethyl adjacent to an activating group) is 1. The molecule has 0 aliphatic carbocycles. The number of aliphatic hydroxyl groups is 2. The van der Waals surface area contributed by atoms with E-state index in [-0.39, 0.29) is 12.2 Å². The fraction of sp³-hybridized carbons (Fsp3) is 1.00. The molecule has 0 saturated heterocycles. The van der Waals surface area contributed by atoms with Crippen LogP contribution < -0.4 is 0 Å². The Morgan fingerprint density at radius 1 is 1.14 bits per heavy atom. The molecule has 0 saturated carbocycles. The molecule has 2 unspecified atom stereocenters. The van der Waals surface area contributed by atoms with Crippen molar-refractivity contribution in [3.05, 3.63) is 0 Å². The first-order valence-corrected chi connectivity index (χ1v) is 5.52. The molecule has 0 aromatic heterocycles. The largest absolute Gasteiger partial charge is 0.392 e. The molecule has 0 rings (SSSR count). The molecule has 2 atom stereocenters. The van der Waals surface area contributed by atoms with Crippen molar-refractivity contribution in [3.63, 3.8) is 0 Å². The van der Waals surface area contributed by atoms with E-state index in [1.54, 1.807) is 13.8 Å². The molecule has 0 fully saturated rings. The summed E-state index contributed by atoms with van der Waals surface area (Å²) < 4.78 is 8.74. The van der Waals surface area contributed by atoms with Crippen LogP contribution in [0.25, 0.3) is 0 Å². The third-order valence-corrected chi connectivity index (χ3v) is 1.15. The topological polar surface area (TPSA) is 101 Å². The van der Waals surface area contributed by atoms with Gasteiger partial charge in [-0.15, -0.1) is 0 Å². The highest BCUT2D eigenvalue weighted by atomic mass is 31.1. The highest BCUT2D eigenvalue weighted by Gasteiger charge is 2.04. The minimum Gasteiger partial charge on any atom is -0.392 e. The Labute approximate surface area is 84.7 Å². The summed E-state index contributed by atoms with van der Waals surface area (Å²) in [6.07, 6.45) is -0.632. The molecule has 14 heavy (non-hydrogen) atoms. The average Bonchev–Trinajstić information content (AvgIpc) is 1.79. The Morgan fingerprint density at radius 3 is 1.50 bits per heavy atom. The van der Waals surface area contributed by atoms with E-state index in [0.717, 1.165) is 0 Å². The summed E-state index contributed by atoms with van der Waals surface area (Å²) >= 11 is 0. The second kappa shape index (κ2) is 9.58. The molecular weight excluding hydrogens is 209 g/mol. The van der Waals surface area contributed by atoms with Crippen LogP contribution in [-0.2, 0) is 4.57 Å². The lowest BCUT2D eigenvalue weighted by atomic mass is 10.3. The van der Waals surface area contributed by atoms with Crippen molar-refractivity contribution in [1.82, 2.24) is 4.90 Å². The zero-order valence-corrected chi connectivity index (χ0v) is 9.71. The van der Waals surface area contributed by atoms with Gasteiger partial charge in [-0.05, 0) is 20.9 Å². The molecule has 88 valence electrons. The summed E-state index contributed by atoms with van der Waals surface area (Å²) in [5, 5.41) is 17.8. The van der Waals surface area contributed by atoms with Crippen LogP contribution in [0.4, 0.5) is 0 Å². The standard InChI is InChI=1S/C7H17NO2.H3O3P/c1-6(9)4-8(3)5-7(2)10;1-4(2)3/h6-7,9-10H,4-5H2,1-3H3;4H,(H2,1,2,3). The van der Waals surface area contributed by atoms with Crippen molar-refractivity contribution in [2.45, 2.75) is 26.1 Å². The number of hydrogen-bond acceptors (Lipinski definition) is 4. The predicted molar refractivity (Wildman–Crippen MR) is 54.3 cm³/mol. The molecule has 0 heterocycles. The first kappa shape index (κ1) is 16.5. The Balaban J connectivity index is 0. The van der Waals surface area contributed by atoms with E-state index in [1.165, 1.54) is 0 Å². The zero-order chi connectivity index (χ0) is 11.7. The Kier molecular flexibility index (Phi) is 11.3. The number of aliphatic hydroxyl groups excluding tert-OH is 2. The van der Waals surface area contributed by atoms with Crippen LogP contribution in [0.15, 0.2) is 0 Å². The molecule has 0 spiro atoms. The van der Waals surface area contributed by atoms with Crippen LogP contribution >= 0.6 is 8.25 Å². The smallest absolute Gasteiger partial charge is 0.314 e. The molecule has 0 amide bonds. The predicted octanol–water partition coefficient (Wildman–Crippen LogP) is -0.959. The number of hydrogen-bond donors (Lipinski definition) is 4. The third kappa shape index (κ3) is 22.7.